The highest BCUT2D eigenvalue weighted by atomic mass is 16.5. The predicted molar refractivity (Wildman–Crippen MR) is 93.2 cm³/mol. The van der Waals surface area contributed by atoms with Crippen LogP contribution in [0.2, 0.25) is 0 Å². The van der Waals surface area contributed by atoms with Crippen molar-refractivity contribution in [2.75, 3.05) is 7.11 Å². The summed E-state index contributed by atoms with van der Waals surface area (Å²) in [5.41, 5.74) is 1.83. The van der Waals surface area contributed by atoms with E-state index in [1.165, 1.54) is 19.3 Å². The molecule has 1 aromatic heterocycles. The lowest BCUT2D eigenvalue weighted by Gasteiger charge is -2.24. The van der Waals surface area contributed by atoms with Gasteiger partial charge in [-0.15, -0.1) is 0 Å². The van der Waals surface area contributed by atoms with Gasteiger partial charge in [0.1, 0.15) is 12.4 Å². The fourth-order valence-electron chi connectivity index (χ4n) is 4.02. The Morgan fingerprint density at radius 3 is 2.84 bits per heavy atom. The van der Waals surface area contributed by atoms with Crippen molar-refractivity contribution in [3.8, 4) is 0 Å². The van der Waals surface area contributed by atoms with Gasteiger partial charge in [-0.1, -0.05) is 37.5 Å². The first-order valence-electron chi connectivity index (χ1n) is 9.09. The number of amides is 1. The lowest BCUT2D eigenvalue weighted by molar-refractivity contribution is 0.0955. The molecule has 1 aliphatic carbocycles. The number of nitrogens with one attached hydrogen (secondary N) is 1. The summed E-state index contributed by atoms with van der Waals surface area (Å²) in [4.78, 5) is 16.9. The second-order valence-electron chi connectivity index (χ2n) is 6.93. The summed E-state index contributed by atoms with van der Waals surface area (Å²) in [6, 6.07) is 8.17. The molecule has 132 valence electrons. The SMILES string of the molecule is COCc1nc(CC2NC(=O)c3ccccc32)n(C2CCCCC2)n1. The maximum atomic E-state index is 12.2. The number of ether oxygens (including phenoxy) is 1. The lowest BCUT2D eigenvalue weighted by Crippen LogP contribution is -2.24. The van der Waals surface area contributed by atoms with Crippen LogP contribution in [0.4, 0.5) is 0 Å². The van der Waals surface area contributed by atoms with E-state index in [1.54, 1.807) is 7.11 Å². The number of methoxy groups -OCH3 is 1. The van der Waals surface area contributed by atoms with Crippen LogP contribution in [0.25, 0.3) is 0 Å². The van der Waals surface area contributed by atoms with E-state index in [2.05, 4.69) is 10.00 Å². The fourth-order valence-corrected chi connectivity index (χ4v) is 4.02. The zero-order valence-electron chi connectivity index (χ0n) is 14.6. The molecule has 2 aromatic rings. The second-order valence-corrected chi connectivity index (χ2v) is 6.93. The predicted octanol–water partition coefficient (Wildman–Crippen LogP) is 2.96. The molecule has 1 saturated carbocycles. The number of hydrogen-bond donors (Lipinski definition) is 1. The third-order valence-corrected chi connectivity index (χ3v) is 5.21. The molecule has 1 unspecified atom stereocenters. The maximum absolute atomic E-state index is 12.2. The van der Waals surface area contributed by atoms with Crippen LogP contribution in [0, 0.1) is 0 Å². The van der Waals surface area contributed by atoms with E-state index < -0.39 is 0 Å². The second kappa shape index (κ2) is 6.96. The van der Waals surface area contributed by atoms with Crippen LogP contribution in [-0.4, -0.2) is 27.8 Å². The van der Waals surface area contributed by atoms with Gasteiger partial charge in [-0.25, -0.2) is 9.67 Å². The summed E-state index contributed by atoms with van der Waals surface area (Å²) in [6.45, 7) is 0.417. The Bertz CT molecular complexity index is 765. The van der Waals surface area contributed by atoms with Crippen molar-refractivity contribution in [3.05, 3.63) is 47.0 Å². The van der Waals surface area contributed by atoms with Crippen molar-refractivity contribution in [3.63, 3.8) is 0 Å². The van der Waals surface area contributed by atoms with Gasteiger partial charge in [0.2, 0.25) is 0 Å². The normalized spacial score (nSPS) is 20.5. The maximum Gasteiger partial charge on any atom is 0.252 e. The third kappa shape index (κ3) is 3.18. The van der Waals surface area contributed by atoms with Crippen molar-refractivity contribution in [2.24, 2.45) is 0 Å². The summed E-state index contributed by atoms with van der Waals surface area (Å²) < 4.78 is 7.32. The van der Waals surface area contributed by atoms with Gasteiger partial charge in [0, 0.05) is 19.1 Å². The molecule has 2 heterocycles. The molecule has 1 aromatic carbocycles. The van der Waals surface area contributed by atoms with Crippen molar-refractivity contribution >= 4 is 5.91 Å². The average molecular weight is 340 g/mol. The molecule has 6 nitrogen and oxygen atoms in total. The zero-order chi connectivity index (χ0) is 17.2. The molecule has 1 fully saturated rings. The quantitative estimate of drug-likeness (QED) is 0.908. The molecule has 0 saturated heterocycles. The average Bonchev–Trinajstić information content (AvgIpc) is 3.18. The van der Waals surface area contributed by atoms with Gasteiger partial charge in [-0.05, 0) is 24.5 Å². The van der Waals surface area contributed by atoms with Gasteiger partial charge in [0.05, 0.1) is 12.1 Å². The monoisotopic (exact) mass is 340 g/mol. The van der Waals surface area contributed by atoms with Crippen LogP contribution in [0.15, 0.2) is 24.3 Å². The largest absolute Gasteiger partial charge is 0.377 e. The molecule has 1 N–H and O–H groups in total. The summed E-state index contributed by atoms with van der Waals surface area (Å²) in [6.07, 6.45) is 6.75. The molecule has 2 aliphatic rings. The lowest BCUT2D eigenvalue weighted by atomic mass is 9.95. The Hall–Kier alpha value is -2.21. The highest BCUT2D eigenvalue weighted by Gasteiger charge is 2.30. The smallest absolute Gasteiger partial charge is 0.252 e. The van der Waals surface area contributed by atoms with Crippen LogP contribution < -0.4 is 5.32 Å². The molecule has 6 heteroatoms. The van der Waals surface area contributed by atoms with E-state index in [-0.39, 0.29) is 11.9 Å². The van der Waals surface area contributed by atoms with E-state index in [4.69, 9.17) is 14.8 Å². The molecule has 0 spiro atoms. The van der Waals surface area contributed by atoms with Crippen molar-refractivity contribution in [1.82, 2.24) is 20.1 Å². The summed E-state index contributed by atoms with van der Waals surface area (Å²) in [7, 11) is 1.66. The number of aromatic nitrogens is 3. The van der Waals surface area contributed by atoms with Gasteiger partial charge < -0.3 is 10.1 Å². The number of carbonyl (C=O) groups is 1. The van der Waals surface area contributed by atoms with Crippen LogP contribution >= 0.6 is 0 Å². The minimum absolute atomic E-state index is 0.00134. The van der Waals surface area contributed by atoms with Crippen molar-refractivity contribution in [1.29, 1.82) is 0 Å². The number of benzene rings is 1. The van der Waals surface area contributed by atoms with E-state index in [0.29, 0.717) is 19.1 Å². The molecular weight excluding hydrogens is 316 g/mol. The molecule has 4 rings (SSSR count). The zero-order valence-corrected chi connectivity index (χ0v) is 14.6. The number of rotatable bonds is 5. The topological polar surface area (TPSA) is 69.0 Å². The Labute approximate surface area is 147 Å². The number of nitrogens with zero attached hydrogens (tertiary/aromatic N) is 3. The number of hydrogen-bond acceptors (Lipinski definition) is 4. The first-order valence-corrected chi connectivity index (χ1v) is 9.09. The fraction of sp³-hybridized carbons (Fsp3) is 0.526. The Morgan fingerprint density at radius 2 is 2.04 bits per heavy atom. The molecule has 25 heavy (non-hydrogen) atoms. The van der Waals surface area contributed by atoms with E-state index in [9.17, 15) is 4.79 Å². The number of carbonyl (C=O) groups excluding carboxylic acids is 1. The van der Waals surface area contributed by atoms with E-state index in [0.717, 1.165) is 35.6 Å². The minimum atomic E-state index is -0.0364. The van der Waals surface area contributed by atoms with Crippen molar-refractivity contribution in [2.45, 2.75) is 57.2 Å². The van der Waals surface area contributed by atoms with Crippen LogP contribution in [0.1, 0.15) is 71.8 Å². The van der Waals surface area contributed by atoms with Gasteiger partial charge in [0.25, 0.3) is 5.91 Å². The van der Waals surface area contributed by atoms with Crippen LogP contribution in [-0.2, 0) is 17.8 Å². The highest BCUT2D eigenvalue weighted by Crippen LogP contribution is 2.31. The Morgan fingerprint density at radius 1 is 1.24 bits per heavy atom. The summed E-state index contributed by atoms with van der Waals surface area (Å²) in [5, 5.41) is 7.80. The molecule has 0 radical (unpaired) electrons. The van der Waals surface area contributed by atoms with Gasteiger partial charge in [-0.2, -0.15) is 5.10 Å². The Kier molecular flexibility index (Phi) is 4.53. The van der Waals surface area contributed by atoms with Crippen LogP contribution in [0.3, 0.4) is 0 Å². The molecule has 1 atom stereocenters. The van der Waals surface area contributed by atoms with Gasteiger partial charge >= 0.3 is 0 Å². The van der Waals surface area contributed by atoms with Gasteiger partial charge in [0.15, 0.2) is 5.82 Å². The summed E-state index contributed by atoms with van der Waals surface area (Å²) in [5.74, 6) is 1.67. The van der Waals surface area contributed by atoms with Gasteiger partial charge in [-0.3, -0.25) is 4.79 Å². The first-order chi connectivity index (χ1) is 12.3. The molecule has 0 bridgehead atoms. The standard InChI is InChI=1S/C19H24N4O2/c1-25-12-17-21-18(23(22-17)13-7-3-2-4-8-13)11-16-14-9-5-6-10-15(14)19(24)20-16/h5-6,9-10,13,16H,2-4,7-8,11-12H2,1H3,(H,20,24). The highest BCUT2D eigenvalue weighted by molar-refractivity contribution is 5.99. The molecule has 1 aliphatic heterocycles. The van der Waals surface area contributed by atoms with E-state index in [1.807, 2.05) is 24.3 Å². The Balaban J connectivity index is 1.62. The first kappa shape index (κ1) is 16.3. The summed E-state index contributed by atoms with van der Waals surface area (Å²) >= 11 is 0. The van der Waals surface area contributed by atoms with Crippen LogP contribution in [0.5, 0.6) is 0 Å². The molecule has 1 amide bonds. The third-order valence-electron chi connectivity index (χ3n) is 5.21. The molecular formula is C19H24N4O2. The van der Waals surface area contributed by atoms with Crippen molar-refractivity contribution < 1.29 is 9.53 Å². The minimum Gasteiger partial charge on any atom is -0.377 e. The van der Waals surface area contributed by atoms with E-state index >= 15 is 0 Å². The number of fused-ring (bicyclic) bond motifs is 1.